The molecule has 1 aliphatic rings. The highest BCUT2D eigenvalue weighted by molar-refractivity contribution is 5.20. The molecular weight excluding hydrogens is 190 g/mol. The van der Waals surface area contributed by atoms with Crippen LogP contribution in [0, 0.1) is 6.92 Å². The van der Waals surface area contributed by atoms with Crippen molar-refractivity contribution in [2.24, 2.45) is 0 Å². The second-order valence-corrected chi connectivity index (χ2v) is 4.30. The molecule has 0 unspecified atom stereocenters. The van der Waals surface area contributed by atoms with Crippen LogP contribution in [0.3, 0.4) is 0 Å². The first-order valence-electron chi connectivity index (χ1n) is 5.40. The largest absolute Gasteiger partial charge is 0.370 e. The summed E-state index contributed by atoms with van der Waals surface area (Å²) < 4.78 is 5.36. The Morgan fingerprint density at radius 3 is 2.40 bits per heavy atom. The van der Waals surface area contributed by atoms with Gasteiger partial charge in [0.2, 0.25) is 0 Å². The molecule has 15 heavy (non-hydrogen) atoms. The van der Waals surface area contributed by atoms with Gasteiger partial charge in [0, 0.05) is 5.56 Å². The molecule has 0 amide bonds. The quantitative estimate of drug-likeness (QED) is 0.750. The first-order chi connectivity index (χ1) is 7.18. The van der Waals surface area contributed by atoms with Crippen molar-refractivity contribution in [2.75, 3.05) is 26.3 Å². The van der Waals surface area contributed by atoms with Crippen LogP contribution in [-0.2, 0) is 11.3 Å². The van der Waals surface area contributed by atoms with Crippen LogP contribution in [-0.4, -0.2) is 36.2 Å². The van der Waals surface area contributed by atoms with E-state index in [2.05, 4.69) is 31.2 Å². The molecule has 0 saturated carbocycles. The van der Waals surface area contributed by atoms with Crippen molar-refractivity contribution >= 4 is 0 Å². The molecule has 1 saturated heterocycles. The Kier molecular flexibility index (Phi) is 3.05. The van der Waals surface area contributed by atoms with Crippen molar-refractivity contribution in [1.29, 1.82) is 0 Å². The van der Waals surface area contributed by atoms with Gasteiger partial charge in [-0.15, -0.1) is 0 Å². The van der Waals surface area contributed by atoms with Crippen LogP contribution >= 0.6 is 0 Å². The maximum Gasteiger partial charge on any atom is 0.134 e. The molecule has 3 nitrogen and oxygen atoms in total. The van der Waals surface area contributed by atoms with Crippen molar-refractivity contribution in [3.63, 3.8) is 0 Å². The Morgan fingerprint density at radius 2 is 1.80 bits per heavy atom. The molecular formula is C12H18NO2+. The number of hydroxylamine groups is 3. The van der Waals surface area contributed by atoms with Crippen molar-refractivity contribution < 1.29 is 14.6 Å². The van der Waals surface area contributed by atoms with Gasteiger partial charge in [-0.2, -0.15) is 4.65 Å². The topological polar surface area (TPSA) is 29.5 Å². The van der Waals surface area contributed by atoms with E-state index in [1.54, 1.807) is 0 Å². The monoisotopic (exact) mass is 208 g/mol. The molecule has 0 radical (unpaired) electrons. The van der Waals surface area contributed by atoms with Crippen LogP contribution in [0.15, 0.2) is 24.3 Å². The lowest BCUT2D eigenvalue weighted by molar-refractivity contribution is -1.12. The van der Waals surface area contributed by atoms with Crippen molar-refractivity contribution in [3.05, 3.63) is 35.4 Å². The summed E-state index contributed by atoms with van der Waals surface area (Å²) in [4.78, 5) is 0. The zero-order valence-corrected chi connectivity index (χ0v) is 9.15. The van der Waals surface area contributed by atoms with Gasteiger partial charge in [-0.1, -0.05) is 29.8 Å². The standard InChI is InChI=1S/C12H18NO2/c1-11-2-4-12(5-3-11)10-13(14)6-8-15-9-7-13/h2-5,14H,6-10H2,1H3/q+1. The number of quaternary nitrogens is 1. The van der Waals surface area contributed by atoms with Gasteiger partial charge in [-0.25, -0.2) is 5.21 Å². The van der Waals surface area contributed by atoms with E-state index in [1.165, 1.54) is 11.1 Å². The number of morpholine rings is 1. The third-order valence-corrected chi connectivity index (χ3v) is 2.90. The number of rotatable bonds is 2. The Labute approximate surface area is 90.4 Å². The summed E-state index contributed by atoms with van der Waals surface area (Å²) in [6.45, 7) is 5.44. The molecule has 0 spiro atoms. The zero-order chi connectivity index (χ0) is 10.7. The predicted octanol–water partition coefficient (Wildman–Crippen LogP) is 1.73. The van der Waals surface area contributed by atoms with Crippen molar-refractivity contribution in [3.8, 4) is 0 Å². The lowest BCUT2D eigenvalue weighted by Crippen LogP contribution is -2.51. The molecule has 1 fully saturated rings. The molecule has 0 aliphatic carbocycles. The summed E-state index contributed by atoms with van der Waals surface area (Å²) >= 11 is 0. The maximum absolute atomic E-state index is 10.3. The fourth-order valence-electron chi connectivity index (χ4n) is 1.87. The average molecular weight is 208 g/mol. The van der Waals surface area contributed by atoms with Crippen LogP contribution in [0.5, 0.6) is 0 Å². The zero-order valence-electron chi connectivity index (χ0n) is 9.15. The van der Waals surface area contributed by atoms with Crippen LogP contribution in [0.2, 0.25) is 0 Å². The van der Waals surface area contributed by atoms with Crippen LogP contribution < -0.4 is 0 Å². The van der Waals surface area contributed by atoms with Gasteiger partial charge in [-0.05, 0) is 6.92 Å². The molecule has 2 rings (SSSR count). The van der Waals surface area contributed by atoms with Gasteiger partial charge in [0.05, 0.1) is 13.2 Å². The molecule has 82 valence electrons. The maximum atomic E-state index is 10.3. The molecule has 0 atom stereocenters. The van der Waals surface area contributed by atoms with E-state index < -0.39 is 0 Å². The molecule has 1 N–H and O–H groups in total. The van der Waals surface area contributed by atoms with E-state index >= 15 is 0 Å². The Balaban J connectivity index is 2.03. The summed E-state index contributed by atoms with van der Waals surface area (Å²) in [5, 5.41) is 10.3. The number of nitrogens with zero attached hydrogens (tertiary/aromatic N) is 1. The van der Waals surface area contributed by atoms with E-state index in [9.17, 15) is 5.21 Å². The normalized spacial score (nSPS) is 20.1. The fraction of sp³-hybridized carbons (Fsp3) is 0.500. The second kappa shape index (κ2) is 4.31. The number of benzene rings is 1. The summed E-state index contributed by atoms with van der Waals surface area (Å²) in [6, 6.07) is 8.34. The molecule has 0 bridgehead atoms. The third kappa shape index (κ3) is 2.78. The van der Waals surface area contributed by atoms with E-state index in [1.807, 2.05) is 0 Å². The number of hydrogen-bond donors (Lipinski definition) is 1. The van der Waals surface area contributed by atoms with Crippen molar-refractivity contribution in [1.82, 2.24) is 0 Å². The Hall–Kier alpha value is -0.900. The fourth-order valence-corrected chi connectivity index (χ4v) is 1.87. The lowest BCUT2D eigenvalue weighted by Gasteiger charge is -2.33. The minimum absolute atomic E-state index is 0.114. The number of hydrogen-bond acceptors (Lipinski definition) is 2. The van der Waals surface area contributed by atoms with E-state index in [0.717, 1.165) is 0 Å². The number of ether oxygens (including phenoxy) is 1. The van der Waals surface area contributed by atoms with Crippen molar-refractivity contribution in [2.45, 2.75) is 13.5 Å². The van der Waals surface area contributed by atoms with Gasteiger partial charge in [0.25, 0.3) is 0 Å². The summed E-state index contributed by atoms with van der Waals surface area (Å²) in [7, 11) is 0. The molecule has 1 aromatic carbocycles. The van der Waals surface area contributed by atoms with Crippen LogP contribution in [0.4, 0.5) is 0 Å². The van der Waals surface area contributed by atoms with Gasteiger partial charge in [0.1, 0.15) is 19.6 Å². The minimum Gasteiger partial charge on any atom is -0.370 e. The highest BCUT2D eigenvalue weighted by atomic mass is 16.6. The van der Waals surface area contributed by atoms with Crippen LogP contribution in [0.1, 0.15) is 11.1 Å². The SMILES string of the molecule is Cc1ccc(C[N+]2(O)CCOCC2)cc1. The van der Waals surface area contributed by atoms with E-state index in [4.69, 9.17) is 4.74 Å². The molecule has 1 aromatic rings. The van der Waals surface area contributed by atoms with Gasteiger partial charge in [-0.3, -0.25) is 0 Å². The van der Waals surface area contributed by atoms with Gasteiger partial charge < -0.3 is 4.74 Å². The molecule has 0 aromatic heterocycles. The summed E-state index contributed by atoms with van der Waals surface area (Å²) in [5.74, 6) is 0. The summed E-state index contributed by atoms with van der Waals surface area (Å²) in [6.07, 6.45) is 0. The first kappa shape index (κ1) is 10.6. The van der Waals surface area contributed by atoms with E-state index in [0.29, 0.717) is 32.8 Å². The number of aryl methyl sites for hydroxylation is 1. The molecule has 3 heteroatoms. The third-order valence-electron chi connectivity index (χ3n) is 2.90. The lowest BCUT2D eigenvalue weighted by atomic mass is 10.1. The van der Waals surface area contributed by atoms with E-state index in [-0.39, 0.29) is 4.65 Å². The average Bonchev–Trinajstić information content (AvgIpc) is 2.22. The smallest absolute Gasteiger partial charge is 0.134 e. The molecule has 1 aliphatic heterocycles. The molecule has 1 heterocycles. The van der Waals surface area contributed by atoms with Crippen LogP contribution in [0.25, 0.3) is 0 Å². The summed E-state index contributed by atoms with van der Waals surface area (Å²) in [5.41, 5.74) is 2.44. The first-order valence-corrected chi connectivity index (χ1v) is 5.40. The van der Waals surface area contributed by atoms with Gasteiger partial charge >= 0.3 is 0 Å². The highest BCUT2D eigenvalue weighted by Crippen LogP contribution is 2.14. The Bertz CT molecular complexity index is 315. The highest BCUT2D eigenvalue weighted by Gasteiger charge is 2.28. The predicted molar refractivity (Wildman–Crippen MR) is 57.5 cm³/mol. The Morgan fingerprint density at radius 1 is 1.20 bits per heavy atom. The van der Waals surface area contributed by atoms with Gasteiger partial charge in [0.15, 0.2) is 0 Å². The minimum atomic E-state index is 0.114. The second-order valence-electron chi connectivity index (χ2n) is 4.30.